The van der Waals surface area contributed by atoms with Crippen LogP contribution in [0.3, 0.4) is 0 Å². The summed E-state index contributed by atoms with van der Waals surface area (Å²) in [6, 6.07) is 0. The first kappa shape index (κ1) is 14.3. The van der Waals surface area contributed by atoms with E-state index in [1.807, 2.05) is 0 Å². The molecule has 0 unspecified atom stereocenters. The first-order valence-corrected chi connectivity index (χ1v) is 6.85. The van der Waals surface area contributed by atoms with Crippen molar-refractivity contribution in [2.75, 3.05) is 31.7 Å². The molecule has 100 valence electrons. The fraction of sp³-hybridized carbons (Fsp3) is 0.444. The summed E-state index contributed by atoms with van der Waals surface area (Å²) in [5, 5.41) is 11.6. The Kier molecular flexibility index (Phi) is 4.56. The third-order valence-corrected chi connectivity index (χ3v) is 3.54. The third-order valence-electron chi connectivity index (χ3n) is 2.23. The maximum Gasteiger partial charge on any atom is 0.341 e. The van der Waals surface area contributed by atoms with Crippen molar-refractivity contribution in [3.05, 3.63) is 18.1 Å². The van der Waals surface area contributed by atoms with Crippen molar-refractivity contribution < 1.29 is 18.3 Å². The Morgan fingerprint density at radius 1 is 1.56 bits per heavy atom. The number of anilines is 1. The smallest absolute Gasteiger partial charge is 0.341 e. The normalized spacial score (nSPS) is 11.5. The summed E-state index contributed by atoms with van der Waals surface area (Å²) in [7, 11) is -1.80. The lowest BCUT2D eigenvalue weighted by atomic mass is 10.3. The van der Waals surface area contributed by atoms with Crippen molar-refractivity contribution >= 4 is 21.8 Å². The van der Waals surface area contributed by atoms with Gasteiger partial charge in [-0.25, -0.2) is 27.5 Å². The number of rotatable bonds is 6. The quantitative estimate of drug-likeness (QED) is 0.717. The van der Waals surface area contributed by atoms with E-state index in [1.54, 1.807) is 0 Å². The molecule has 1 aromatic heterocycles. The fourth-order valence-corrected chi connectivity index (χ4v) is 1.55. The van der Waals surface area contributed by atoms with Crippen molar-refractivity contribution in [1.29, 1.82) is 0 Å². The molecular formula is C9H14N4O4S. The summed E-state index contributed by atoms with van der Waals surface area (Å²) in [4.78, 5) is 18.3. The van der Waals surface area contributed by atoms with Crippen LogP contribution in [-0.2, 0) is 10.0 Å². The molecule has 0 bridgehead atoms. The predicted molar refractivity (Wildman–Crippen MR) is 65.0 cm³/mol. The summed E-state index contributed by atoms with van der Waals surface area (Å²) in [5.74, 6) is -0.978. The van der Waals surface area contributed by atoms with Crippen molar-refractivity contribution in [2.45, 2.75) is 0 Å². The molecule has 0 aliphatic carbocycles. The third kappa shape index (κ3) is 3.93. The van der Waals surface area contributed by atoms with Crippen LogP contribution in [0.1, 0.15) is 10.4 Å². The summed E-state index contributed by atoms with van der Waals surface area (Å²) < 4.78 is 23.4. The fourth-order valence-electron chi connectivity index (χ4n) is 1.12. The highest BCUT2D eigenvalue weighted by Gasteiger charge is 2.13. The van der Waals surface area contributed by atoms with Gasteiger partial charge in [0.25, 0.3) is 0 Å². The van der Waals surface area contributed by atoms with E-state index in [1.165, 1.54) is 19.6 Å². The molecule has 0 aliphatic rings. The van der Waals surface area contributed by atoms with E-state index in [4.69, 9.17) is 5.11 Å². The van der Waals surface area contributed by atoms with Crippen LogP contribution in [0, 0.1) is 0 Å². The summed E-state index contributed by atoms with van der Waals surface area (Å²) in [5.41, 5.74) is -0.0560. The van der Waals surface area contributed by atoms with Crippen LogP contribution >= 0.6 is 0 Å². The largest absolute Gasteiger partial charge is 0.477 e. The molecule has 0 atom stereocenters. The Labute approximate surface area is 105 Å². The van der Waals surface area contributed by atoms with Crippen molar-refractivity contribution in [3.8, 4) is 0 Å². The second-order valence-electron chi connectivity index (χ2n) is 3.60. The van der Waals surface area contributed by atoms with E-state index in [2.05, 4.69) is 15.3 Å². The molecule has 9 heteroatoms. The van der Waals surface area contributed by atoms with Crippen LogP contribution in [0.15, 0.2) is 12.5 Å². The molecule has 0 spiro atoms. The lowest BCUT2D eigenvalue weighted by molar-refractivity contribution is 0.0697. The highest BCUT2D eigenvalue weighted by atomic mass is 32.2. The average Bonchev–Trinajstić information content (AvgIpc) is 2.28. The number of aromatic carboxylic acids is 1. The molecule has 0 radical (unpaired) electrons. The molecule has 0 fully saturated rings. The number of carboxylic acid groups (broad SMARTS) is 1. The van der Waals surface area contributed by atoms with Gasteiger partial charge in [-0.2, -0.15) is 0 Å². The summed E-state index contributed by atoms with van der Waals surface area (Å²) in [6.45, 7) is 0.461. The number of aromatic nitrogens is 2. The monoisotopic (exact) mass is 274 g/mol. The zero-order valence-corrected chi connectivity index (χ0v) is 10.8. The van der Waals surface area contributed by atoms with Crippen LogP contribution in [-0.4, -0.2) is 60.2 Å². The molecule has 0 saturated heterocycles. The highest BCUT2D eigenvalue weighted by molar-refractivity contribution is 7.88. The number of sulfonamides is 1. The predicted octanol–water partition coefficient (Wildman–Crippen LogP) is -0.522. The van der Waals surface area contributed by atoms with Gasteiger partial charge in [-0.3, -0.25) is 0 Å². The minimum Gasteiger partial charge on any atom is -0.477 e. The van der Waals surface area contributed by atoms with E-state index in [0.717, 1.165) is 10.6 Å². The Morgan fingerprint density at radius 2 is 2.22 bits per heavy atom. The SMILES string of the molecule is CN(CCNc1ncncc1C(=O)O)S(C)(=O)=O. The molecule has 1 heterocycles. The second-order valence-corrected chi connectivity index (χ2v) is 5.69. The Bertz CT molecular complexity index is 531. The van der Waals surface area contributed by atoms with E-state index in [9.17, 15) is 13.2 Å². The van der Waals surface area contributed by atoms with Crippen molar-refractivity contribution in [2.24, 2.45) is 0 Å². The van der Waals surface area contributed by atoms with E-state index < -0.39 is 16.0 Å². The number of carboxylic acids is 1. The van der Waals surface area contributed by atoms with Crippen LogP contribution in [0.2, 0.25) is 0 Å². The number of hydrogen-bond donors (Lipinski definition) is 2. The number of likely N-dealkylation sites (N-methyl/N-ethyl adjacent to an activating group) is 1. The highest BCUT2D eigenvalue weighted by Crippen LogP contribution is 2.09. The molecule has 2 N–H and O–H groups in total. The van der Waals surface area contributed by atoms with Gasteiger partial charge in [0.1, 0.15) is 17.7 Å². The van der Waals surface area contributed by atoms with Gasteiger partial charge in [-0.15, -0.1) is 0 Å². The van der Waals surface area contributed by atoms with Crippen LogP contribution in [0.5, 0.6) is 0 Å². The Balaban J connectivity index is 2.62. The van der Waals surface area contributed by atoms with E-state index in [0.29, 0.717) is 0 Å². The maximum atomic E-state index is 11.1. The molecule has 0 amide bonds. The summed E-state index contributed by atoms with van der Waals surface area (Å²) >= 11 is 0. The molecule has 0 saturated carbocycles. The minimum absolute atomic E-state index is 0.0560. The van der Waals surface area contributed by atoms with Gasteiger partial charge in [0, 0.05) is 26.3 Å². The molecule has 0 aromatic carbocycles. The number of carbonyl (C=O) groups is 1. The lowest BCUT2D eigenvalue weighted by Gasteiger charge is -2.14. The first-order chi connectivity index (χ1) is 8.32. The van der Waals surface area contributed by atoms with Crippen molar-refractivity contribution in [1.82, 2.24) is 14.3 Å². The van der Waals surface area contributed by atoms with Gasteiger partial charge >= 0.3 is 5.97 Å². The zero-order chi connectivity index (χ0) is 13.8. The van der Waals surface area contributed by atoms with E-state index >= 15 is 0 Å². The molecule has 18 heavy (non-hydrogen) atoms. The average molecular weight is 274 g/mol. The van der Waals surface area contributed by atoms with Gasteiger partial charge in [-0.1, -0.05) is 0 Å². The molecule has 1 aromatic rings. The van der Waals surface area contributed by atoms with Gasteiger partial charge in [0.15, 0.2) is 0 Å². The minimum atomic E-state index is -3.24. The topological polar surface area (TPSA) is 112 Å². The number of nitrogens with zero attached hydrogens (tertiary/aromatic N) is 3. The maximum absolute atomic E-state index is 11.1. The Hall–Kier alpha value is -1.74. The number of nitrogens with one attached hydrogen (secondary N) is 1. The van der Waals surface area contributed by atoms with Gasteiger partial charge in [0.05, 0.1) is 6.26 Å². The van der Waals surface area contributed by atoms with Crippen LogP contribution < -0.4 is 5.32 Å². The molecule has 0 aliphatic heterocycles. The molecular weight excluding hydrogens is 260 g/mol. The van der Waals surface area contributed by atoms with Crippen LogP contribution in [0.25, 0.3) is 0 Å². The molecule has 8 nitrogen and oxygen atoms in total. The lowest BCUT2D eigenvalue weighted by Crippen LogP contribution is -2.30. The van der Waals surface area contributed by atoms with Gasteiger partial charge in [0.2, 0.25) is 10.0 Å². The number of hydrogen-bond acceptors (Lipinski definition) is 6. The van der Waals surface area contributed by atoms with Gasteiger partial charge in [-0.05, 0) is 0 Å². The Morgan fingerprint density at radius 3 is 2.78 bits per heavy atom. The first-order valence-electron chi connectivity index (χ1n) is 5.01. The zero-order valence-electron chi connectivity index (χ0n) is 9.99. The van der Waals surface area contributed by atoms with Crippen LogP contribution in [0.4, 0.5) is 5.82 Å². The molecule has 1 rings (SSSR count). The van der Waals surface area contributed by atoms with E-state index in [-0.39, 0.29) is 24.5 Å². The van der Waals surface area contributed by atoms with Gasteiger partial charge < -0.3 is 10.4 Å². The standard InChI is InChI=1S/C9H14N4O4S/c1-13(18(2,16)17)4-3-11-8-7(9(14)15)5-10-6-12-8/h5-6H,3-4H2,1-2H3,(H,14,15)(H,10,11,12). The summed E-state index contributed by atoms with van der Waals surface area (Å²) in [6.07, 6.45) is 3.49. The van der Waals surface area contributed by atoms with Crippen molar-refractivity contribution in [3.63, 3.8) is 0 Å². The second kappa shape index (κ2) is 5.74.